The molecule has 0 fully saturated rings. The van der Waals surface area contributed by atoms with Crippen LogP contribution in [0.2, 0.25) is 78.1 Å². The molecule has 0 radical (unpaired) electrons. The van der Waals surface area contributed by atoms with E-state index in [2.05, 4.69) is 72.0 Å². The highest BCUT2D eigenvalue weighted by Crippen LogP contribution is 2.26. The molecule has 0 aromatic carbocycles. The molecule has 0 saturated heterocycles. The molecule has 0 spiro atoms. The largest absolute Gasteiger partial charge is 0.437 e. The number of rotatable bonds is 13. The summed E-state index contributed by atoms with van der Waals surface area (Å²) in [7, 11) is -10.5. The fourth-order valence-corrected chi connectivity index (χ4v) is 26.5. The van der Waals surface area contributed by atoms with Crippen LogP contribution in [0.3, 0.4) is 0 Å². The van der Waals surface area contributed by atoms with Crippen LogP contribution in [0, 0.1) is 0 Å². The lowest BCUT2D eigenvalue weighted by atomic mass is 10.7. The summed E-state index contributed by atoms with van der Waals surface area (Å²) in [4.78, 5) is 0. The first kappa shape index (κ1) is 26.8. The van der Waals surface area contributed by atoms with E-state index < -0.39 is 42.3 Å². The van der Waals surface area contributed by atoms with Gasteiger partial charge in [-0.3, -0.25) is 0 Å². The van der Waals surface area contributed by atoms with Crippen LogP contribution in [0.1, 0.15) is 0 Å². The summed E-state index contributed by atoms with van der Waals surface area (Å²) in [6, 6.07) is 0.884. The Balaban J connectivity index is 4.78. The molecule has 0 bridgehead atoms. The van der Waals surface area contributed by atoms with Crippen molar-refractivity contribution in [2.24, 2.45) is 0 Å². The maximum atomic E-state index is 8.80. The second-order valence-corrected chi connectivity index (χ2v) is 29.5. The van der Waals surface area contributed by atoms with Crippen LogP contribution >= 0.6 is 0 Å². The summed E-state index contributed by atoms with van der Waals surface area (Å²) in [6.07, 6.45) is 0. The summed E-state index contributed by atoms with van der Waals surface area (Å²) in [5, 5.41) is 8.80. The van der Waals surface area contributed by atoms with Crippen molar-refractivity contribution in [3.63, 3.8) is 0 Å². The molecule has 1 N–H and O–H groups in total. The van der Waals surface area contributed by atoms with Crippen molar-refractivity contribution in [2.45, 2.75) is 78.1 Å². The third kappa shape index (κ3) is 13.9. The summed E-state index contributed by atoms with van der Waals surface area (Å²) in [5.74, 6) is 0. The molecule has 0 saturated carbocycles. The van der Waals surface area contributed by atoms with E-state index in [4.69, 9.17) is 26.3 Å². The molecule has 0 atom stereocenters. The summed E-state index contributed by atoms with van der Waals surface area (Å²) in [5.41, 5.74) is 0. The Morgan fingerprint density at radius 3 is 1.42 bits per heavy atom. The molecule has 0 heterocycles. The molecule has 0 amide bonds. The normalized spacial score (nSPS) is 14.8. The molecule has 0 rings (SSSR count). The van der Waals surface area contributed by atoms with Crippen molar-refractivity contribution in [1.82, 2.24) is 0 Å². The fourth-order valence-electron chi connectivity index (χ4n) is 3.18. The van der Waals surface area contributed by atoms with E-state index in [1.54, 1.807) is 0 Å². The Hall–Kier alpha value is 0.844. The zero-order valence-corrected chi connectivity index (χ0v) is 23.8. The Morgan fingerprint density at radius 1 is 0.577 bits per heavy atom. The number of hydrogen-bond donors (Lipinski definition) is 1. The van der Waals surface area contributed by atoms with Gasteiger partial charge in [-0.25, -0.2) is 0 Å². The Labute approximate surface area is 166 Å². The maximum absolute atomic E-state index is 8.80. The van der Waals surface area contributed by atoms with Gasteiger partial charge in [0.2, 0.25) is 0 Å². The van der Waals surface area contributed by atoms with Gasteiger partial charge in [-0.1, -0.05) is 0 Å². The molecule has 158 valence electrons. The molecular weight excluding hydrogens is 417 g/mol. The number of aliphatic hydroxyl groups is 1. The van der Waals surface area contributed by atoms with Crippen LogP contribution in [-0.4, -0.2) is 67.2 Å². The SMILES string of the molecule is C[Si](C)(C)O[Si](C)(C)O[Si](C)(C)O[Si](C)(C)O[Si](C)(C)CCOCCO. The van der Waals surface area contributed by atoms with Crippen molar-refractivity contribution >= 4 is 42.3 Å². The number of aliphatic hydroxyl groups excluding tert-OH is 1. The first-order chi connectivity index (χ1) is 11.4. The first-order valence-electron chi connectivity index (χ1n) is 9.38. The van der Waals surface area contributed by atoms with E-state index in [1.807, 2.05) is 0 Å². The Kier molecular flexibility index (Phi) is 10.4. The first-order valence-corrected chi connectivity index (χ1v) is 24.4. The third-order valence-corrected chi connectivity index (χ3v) is 21.0. The lowest BCUT2D eigenvalue weighted by Gasteiger charge is -2.42. The zero-order chi connectivity index (χ0) is 20.9. The Morgan fingerprint density at radius 2 is 1.00 bits per heavy atom. The minimum Gasteiger partial charge on any atom is -0.437 e. The van der Waals surface area contributed by atoms with Gasteiger partial charge in [0, 0.05) is 6.61 Å². The highest BCUT2D eigenvalue weighted by Gasteiger charge is 2.45. The van der Waals surface area contributed by atoms with Gasteiger partial charge in [0.25, 0.3) is 0 Å². The molecule has 0 aliphatic heterocycles. The number of ether oxygens (including phenoxy) is 1. The van der Waals surface area contributed by atoms with E-state index in [-0.39, 0.29) is 6.61 Å². The highest BCUT2D eigenvalue weighted by atomic mass is 28.5. The monoisotopic (exact) mass is 458 g/mol. The van der Waals surface area contributed by atoms with Crippen LogP contribution in [0.4, 0.5) is 0 Å². The molecule has 0 aliphatic carbocycles. The van der Waals surface area contributed by atoms with E-state index >= 15 is 0 Å². The van der Waals surface area contributed by atoms with Gasteiger partial charge in [0.1, 0.15) is 0 Å². The van der Waals surface area contributed by atoms with Crippen LogP contribution in [0.5, 0.6) is 0 Å². The van der Waals surface area contributed by atoms with Crippen molar-refractivity contribution < 1.29 is 26.3 Å². The minimum absolute atomic E-state index is 0.0580. The molecule has 26 heavy (non-hydrogen) atoms. The standard InChI is InChI=1S/C15H42O6Si5/c1-22(2,3)18-24(6,7)20-26(10,11)21-25(8,9)19-23(4,5)15-14-17-13-12-16/h16H,12-15H2,1-11H3. The van der Waals surface area contributed by atoms with Crippen LogP contribution in [0.25, 0.3) is 0 Å². The summed E-state index contributed by atoms with van der Waals surface area (Å²) < 4.78 is 31.2. The average molecular weight is 459 g/mol. The van der Waals surface area contributed by atoms with Crippen LogP contribution < -0.4 is 0 Å². The van der Waals surface area contributed by atoms with E-state index in [1.165, 1.54) is 0 Å². The molecule has 0 aromatic heterocycles. The van der Waals surface area contributed by atoms with Crippen molar-refractivity contribution in [1.29, 1.82) is 0 Å². The minimum atomic E-state index is -2.36. The number of hydrogen-bond acceptors (Lipinski definition) is 6. The molecule has 0 aromatic rings. The topological polar surface area (TPSA) is 66.4 Å². The van der Waals surface area contributed by atoms with E-state index in [0.29, 0.717) is 13.2 Å². The van der Waals surface area contributed by atoms with Gasteiger partial charge in [0.15, 0.2) is 16.6 Å². The molecule has 0 aliphatic rings. The van der Waals surface area contributed by atoms with Gasteiger partial charge in [-0.05, 0) is 78.1 Å². The predicted octanol–water partition coefficient (Wildman–Crippen LogP) is 4.21. The van der Waals surface area contributed by atoms with Crippen LogP contribution in [0.15, 0.2) is 0 Å². The maximum Gasteiger partial charge on any atom is 0.314 e. The zero-order valence-electron chi connectivity index (χ0n) is 18.8. The molecule has 0 unspecified atom stereocenters. The molecule has 11 heteroatoms. The van der Waals surface area contributed by atoms with E-state index in [0.717, 1.165) is 6.04 Å². The quantitative estimate of drug-likeness (QED) is 0.329. The van der Waals surface area contributed by atoms with Crippen molar-refractivity contribution in [2.75, 3.05) is 19.8 Å². The summed E-state index contributed by atoms with van der Waals surface area (Å²) >= 11 is 0. The molecule has 6 nitrogen and oxygen atoms in total. The lowest BCUT2D eigenvalue weighted by Crippen LogP contribution is -2.58. The second-order valence-electron chi connectivity index (χ2n) is 9.57. The van der Waals surface area contributed by atoms with Gasteiger partial charge in [0.05, 0.1) is 13.2 Å². The van der Waals surface area contributed by atoms with Gasteiger partial charge < -0.3 is 26.3 Å². The smallest absolute Gasteiger partial charge is 0.314 e. The highest BCUT2D eigenvalue weighted by molar-refractivity contribution is 6.90. The predicted molar refractivity (Wildman–Crippen MR) is 120 cm³/mol. The third-order valence-electron chi connectivity index (χ3n) is 3.14. The average Bonchev–Trinajstić information content (AvgIpc) is 2.26. The van der Waals surface area contributed by atoms with E-state index in [9.17, 15) is 0 Å². The lowest BCUT2D eigenvalue weighted by molar-refractivity contribution is 0.0998. The fraction of sp³-hybridized carbons (Fsp3) is 1.00. The molecular formula is C15H42O6Si5. The second kappa shape index (κ2) is 10.0. The van der Waals surface area contributed by atoms with Crippen LogP contribution in [-0.2, 0) is 21.2 Å². The van der Waals surface area contributed by atoms with Gasteiger partial charge in [-0.15, -0.1) is 0 Å². The summed E-state index contributed by atoms with van der Waals surface area (Å²) in [6.45, 7) is 24.6. The van der Waals surface area contributed by atoms with Crippen molar-refractivity contribution in [3.05, 3.63) is 0 Å². The van der Waals surface area contributed by atoms with Gasteiger partial charge >= 0.3 is 25.7 Å². The van der Waals surface area contributed by atoms with Gasteiger partial charge in [-0.2, -0.15) is 0 Å². The van der Waals surface area contributed by atoms with Crippen molar-refractivity contribution in [3.8, 4) is 0 Å². The Bertz CT molecular complexity index is 423.